The fourth-order valence-electron chi connectivity index (χ4n) is 2.93. The number of carbonyl (C=O) groups is 1. The molecule has 0 spiro atoms. The lowest BCUT2D eigenvalue weighted by atomic mass is 10.2. The topological polar surface area (TPSA) is 77.0 Å². The Labute approximate surface area is 180 Å². The van der Waals surface area contributed by atoms with Crippen LogP contribution in [0.1, 0.15) is 23.7 Å². The first-order valence-corrected chi connectivity index (χ1v) is 9.46. The minimum Gasteiger partial charge on any atom is -0.462 e. The number of ether oxygens (including phenoxy) is 1. The van der Waals surface area contributed by atoms with Gasteiger partial charge in [-0.1, -0.05) is 25.1 Å². The van der Waals surface area contributed by atoms with Gasteiger partial charge in [0.1, 0.15) is 5.82 Å². The number of hydrogen-bond donors (Lipinski definition) is 1. The maximum atomic E-state index is 12.2. The van der Waals surface area contributed by atoms with Gasteiger partial charge in [0, 0.05) is 29.0 Å². The molecule has 0 radical (unpaired) electrons. The lowest BCUT2D eigenvalue weighted by molar-refractivity contribution is 0.0505. The van der Waals surface area contributed by atoms with Crippen LogP contribution in [-0.4, -0.2) is 27.5 Å². The molecule has 152 valence electrons. The second-order valence-corrected chi connectivity index (χ2v) is 6.50. The number of nitrogens with zero attached hydrogens (tertiary/aromatic N) is 3. The Morgan fingerprint density at radius 1 is 1.03 bits per heavy atom. The van der Waals surface area contributed by atoms with Crippen molar-refractivity contribution in [2.45, 2.75) is 13.3 Å². The highest BCUT2D eigenvalue weighted by Gasteiger charge is 2.12. The Morgan fingerprint density at radius 3 is 2.70 bits per heavy atom. The molecular weight excluding hydrogens is 400 g/mol. The molecule has 1 N–H and O–H groups in total. The van der Waals surface area contributed by atoms with Gasteiger partial charge in [0.05, 0.1) is 17.7 Å². The molecule has 0 aliphatic heterocycles. The third-order valence-corrected chi connectivity index (χ3v) is 4.32. The van der Waals surface area contributed by atoms with E-state index >= 15 is 0 Å². The number of hydrogen-bond acceptors (Lipinski definition) is 6. The Kier molecular flexibility index (Phi) is 6.93. The fraction of sp³-hybridized carbons (Fsp3) is 0.130. The molecule has 0 atom stereocenters. The van der Waals surface area contributed by atoms with Gasteiger partial charge in [0.2, 0.25) is 0 Å². The van der Waals surface area contributed by atoms with E-state index in [2.05, 4.69) is 15.3 Å². The van der Waals surface area contributed by atoms with E-state index in [1.807, 2.05) is 55.5 Å². The average Bonchev–Trinajstić information content (AvgIpc) is 2.78. The number of rotatable bonds is 6. The van der Waals surface area contributed by atoms with E-state index in [-0.39, 0.29) is 18.4 Å². The maximum absolute atomic E-state index is 12.2. The predicted molar refractivity (Wildman–Crippen MR) is 120 cm³/mol. The molecule has 2 aromatic carbocycles. The van der Waals surface area contributed by atoms with Crippen LogP contribution in [0.25, 0.3) is 22.3 Å². The number of nitrogens with one attached hydrogen (secondary N) is 1. The standard InChI is InChI=1S/C23H20N4O2.ClH/c1-2-13-29-23(28)16-7-5-9-18(14-16)25-22-19-10-3-4-11-20(19)26-21(27-22)17-8-6-12-24-15-17;/h3-12,14-15H,2,13H2,1H3,(H,25,26,27);1H. The summed E-state index contributed by atoms with van der Waals surface area (Å²) in [5.41, 5.74) is 2.90. The SMILES string of the molecule is CCCOC(=O)c1cccc(Nc2nc(-c3cccnc3)nc3ccccc23)c1.Cl. The van der Waals surface area contributed by atoms with Crippen molar-refractivity contribution in [2.24, 2.45) is 0 Å². The van der Waals surface area contributed by atoms with Crippen LogP contribution in [0.5, 0.6) is 0 Å². The fourth-order valence-corrected chi connectivity index (χ4v) is 2.93. The molecule has 4 rings (SSSR count). The quantitative estimate of drug-likeness (QED) is 0.419. The molecule has 6 nitrogen and oxygen atoms in total. The highest BCUT2D eigenvalue weighted by Crippen LogP contribution is 2.27. The van der Waals surface area contributed by atoms with E-state index in [4.69, 9.17) is 9.72 Å². The van der Waals surface area contributed by atoms with Gasteiger partial charge >= 0.3 is 5.97 Å². The summed E-state index contributed by atoms with van der Waals surface area (Å²) in [5, 5.41) is 4.22. The summed E-state index contributed by atoms with van der Waals surface area (Å²) >= 11 is 0. The van der Waals surface area contributed by atoms with E-state index in [9.17, 15) is 4.79 Å². The number of esters is 1. The van der Waals surface area contributed by atoms with Crippen molar-refractivity contribution in [3.63, 3.8) is 0 Å². The van der Waals surface area contributed by atoms with Crippen LogP contribution in [0.4, 0.5) is 11.5 Å². The molecule has 0 aliphatic rings. The molecule has 7 heteroatoms. The zero-order chi connectivity index (χ0) is 20.1. The molecule has 0 aliphatic carbocycles. The Morgan fingerprint density at radius 2 is 1.90 bits per heavy atom. The molecule has 2 aromatic heterocycles. The molecule has 2 heterocycles. The van der Waals surface area contributed by atoms with Crippen LogP contribution in [0.3, 0.4) is 0 Å². The van der Waals surface area contributed by atoms with E-state index in [1.54, 1.807) is 24.5 Å². The molecule has 0 amide bonds. The van der Waals surface area contributed by atoms with E-state index in [1.165, 1.54) is 0 Å². The minimum atomic E-state index is -0.334. The molecule has 0 fully saturated rings. The summed E-state index contributed by atoms with van der Waals surface area (Å²) < 4.78 is 5.23. The number of carbonyl (C=O) groups excluding carboxylic acids is 1. The lowest BCUT2D eigenvalue weighted by Crippen LogP contribution is -2.06. The molecular formula is C23H21ClN4O2. The van der Waals surface area contributed by atoms with Gasteiger partial charge in [-0.25, -0.2) is 14.8 Å². The molecule has 4 aromatic rings. The van der Waals surface area contributed by atoms with Crippen LogP contribution < -0.4 is 5.32 Å². The number of para-hydroxylation sites is 1. The number of anilines is 2. The average molecular weight is 421 g/mol. The van der Waals surface area contributed by atoms with Crippen molar-refractivity contribution >= 4 is 40.8 Å². The van der Waals surface area contributed by atoms with Gasteiger partial charge in [-0.3, -0.25) is 4.98 Å². The first kappa shape index (κ1) is 21.2. The number of halogens is 1. The van der Waals surface area contributed by atoms with E-state index < -0.39 is 0 Å². The van der Waals surface area contributed by atoms with Crippen molar-refractivity contribution in [3.8, 4) is 11.4 Å². The van der Waals surface area contributed by atoms with Gasteiger partial charge in [-0.15, -0.1) is 12.4 Å². The largest absolute Gasteiger partial charge is 0.462 e. The monoisotopic (exact) mass is 420 g/mol. The van der Waals surface area contributed by atoms with Gasteiger partial charge in [0.25, 0.3) is 0 Å². The summed E-state index contributed by atoms with van der Waals surface area (Å²) in [6.45, 7) is 2.37. The second-order valence-electron chi connectivity index (χ2n) is 6.50. The number of aromatic nitrogens is 3. The van der Waals surface area contributed by atoms with Crippen molar-refractivity contribution in [3.05, 3.63) is 78.6 Å². The summed E-state index contributed by atoms with van der Waals surface area (Å²) in [6, 6.07) is 18.8. The van der Waals surface area contributed by atoms with E-state index in [0.717, 1.165) is 28.6 Å². The highest BCUT2D eigenvalue weighted by molar-refractivity contribution is 5.94. The summed E-state index contributed by atoms with van der Waals surface area (Å²) in [5.74, 6) is 0.908. The Balaban J connectivity index is 0.00000256. The highest BCUT2D eigenvalue weighted by atomic mass is 35.5. The first-order chi connectivity index (χ1) is 14.2. The van der Waals surface area contributed by atoms with Crippen molar-refractivity contribution in [1.82, 2.24) is 15.0 Å². The Hall–Kier alpha value is -3.51. The van der Waals surface area contributed by atoms with Gasteiger partial charge in [0.15, 0.2) is 5.82 Å². The minimum absolute atomic E-state index is 0. The maximum Gasteiger partial charge on any atom is 0.338 e. The third-order valence-electron chi connectivity index (χ3n) is 4.32. The van der Waals surface area contributed by atoms with Crippen molar-refractivity contribution in [2.75, 3.05) is 11.9 Å². The van der Waals surface area contributed by atoms with Crippen LogP contribution in [-0.2, 0) is 4.74 Å². The molecule has 30 heavy (non-hydrogen) atoms. The number of pyridine rings is 1. The molecule has 0 bridgehead atoms. The zero-order valence-corrected chi connectivity index (χ0v) is 17.2. The molecule has 0 unspecified atom stereocenters. The third kappa shape index (κ3) is 4.72. The van der Waals surface area contributed by atoms with Gasteiger partial charge in [-0.05, 0) is 48.9 Å². The number of benzene rings is 2. The summed E-state index contributed by atoms with van der Waals surface area (Å²) in [6.07, 6.45) is 4.23. The van der Waals surface area contributed by atoms with Crippen LogP contribution in [0.2, 0.25) is 0 Å². The van der Waals surface area contributed by atoms with Gasteiger partial charge in [-0.2, -0.15) is 0 Å². The van der Waals surface area contributed by atoms with Crippen molar-refractivity contribution in [1.29, 1.82) is 0 Å². The van der Waals surface area contributed by atoms with E-state index in [0.29, 0.717) is 23.8 Å². The predicted octanol–water partition coefficient (Wildman–Crippen LogP) is 5.42. The molecule has 0 saturated carbocycles. The molecule has 0 saturated heterocycles. The zero-order valence-electron chi connectivity index (χ0n) is 16.4. The summed E-state index contributed by atoms with van der Waals surface area (Å²) in [7, 11) is 0. The van der Waals surface area contributed by atoms with Crippen LogP contribution in [0.15, 0.2) is 73.1 Å². The summed E-state index contributed by atoms with van der Waals surface area (Å²) in [4.78, 5) is 25.7. The van der Waals surface area contributed by atoms with Crippen LogP contribution >= 0.6 is 12.4 Å². The van der Waals surface area contributed by atoms with Crippen molar-refractivity contribution < 1.29 is 9.53 Å². The second kappa shape index (κ2) is 9.80. The smallest absolute Gasteiger partial charge is 0.338 e. The van der Waals surface area contributed by atoms with Crippen LogP contribution in [0, 0.1) is 0 Å². The normalized spacial score (nSPS) is 10.3. The van der Waals surface area contributed by atoms with Gasteiger partial charge < -0.3 is 10.1 Å². The Bertz CT molecular complexity index is 1150. The number of fused-ring (bicyclic) bond motifs is 1. The lowest BCUT2D eigenvalue weighted by Gasteiger charge is -2.12. The first-order valence-electron chi connectivity index (χ1n) is 9.46.